The normalized spacial score (nSPS) is 17.8. The van der Waals surface area contributed by atoms with E-state index in [2.05, 4.69) is 59.8 Å². The Morgan fingerprint density at radius 1 is 1.15 bits per heavy atom. The fraction of sp³-hybridized carbons (Fsp3) is 0.667. The van der Waals surface area contributed by atoms with E-state index in [1.165, 1.54) is 5.56 Å². The molecule has 1 aliphatic heterocycles. The van der Waals surface area contributed by atoms with Crippen LogP contribution in [-0.4, -0.2) is 52.0 Å². The third-order valence-corrected chi connectivity index (χ3v) is 5.97. The second-order valence-electron chi connectivity index (χ2n) is 7.13. The molecule has 1 aromatic carbocycles. The Morgan fingerprint density at radius 3 is 2.35 bits per heavy atom. The van der Waals surface area contributed by atoms with Crippen molar-refractivity contribution < 1.29 is 9.47 Å². The third-order valence-electron chi connectivity index (χ3n) is 5.97. The second-order valence-corrected chi connectivity index (χ2v) is 7.13. The fourth-order valence-corrected chi connectivity index (χ4v) is 3.72. The van der Waals surface area contributed by atoms with Gasteiger partial charge in [-0.05, 0) is 18.4 Å². The Morgan fingerprint density at radius 2 is 1.81 bits per heavy atom. The molecule has 2 rings (SSSR count). The second kappa shape index (κ2) is 9.93. The summed E-state index contributed by atoms with van der Waals surface area (Å²) in [6, 6.07) is 10.8. The van der Waals surface area contributed by atoms with Gasteiger partial charge < -0.3 is 20.1 Å². The van der Waals surface area contributed by atoms with Gasteiger partial charge in [0.25, 0.3) is 0 Å². The van der Waals surface area contributed by atoms with Crippen molar-refractivity contribution in [1.29, 1.82) is 0 Å². The summed E-state index contributed by atoms with van der Waals surface area (Å²) in [7, 11) is 3.61. The van der Waals surface area contributed by atoms with Crippen LogP contribution in [-0.2, 0) is 14.9 Å². The molecule has 0 bridgehead atoms. The van der Waals surface area contributed by atoms with Crippen molar-refractivity contribution in [2.24, 2.45) is 4.99 Å². The van der Waals surface area contributed by atoms with Gasteiger partial charge in [0, 0.05) is 58.7 Å². The van der Waals surface area contributed by atoms with Crippen LogP contribution >= 0.6 is 0 Å². The Hall–Kier alpha value is -1.59. The predicted molar refractivity (Wildman–Crippen MR) is 108 cm³/mol. The molecule has 26 heavy (non-hydrogen) atoms. The Kier molecular flexibility index (Phi) is 7.91. The molecule has 1 aromatic rings. The zero-order chi connectivity index (χ0) is 18.9. The van der Waals surface area contributed by atoms with Crippen molar-refractivity contribution >= 4 is 5.96 Å². The van der Waals surface area contributed by atoms with E-state index in [4.69, 9.17) is 9.47 Å². The molecule has 2 N–H and O–H groups in total. The van der Waals surface area contributed by atoms with Gasteiger partial charge in [0.1, 0.15) is 0 Å². The molecule has 0 saturated carbocycles. The van der Waals surface area contributed by atoms with Crippen molar-refractivity contribution in [2.45, 2.75) is 50.5 Å². The highest BCUT2D eigenvalue weighted by molar-refractivity contribution is 5.79. The van der Waals surface area contributed by atoms with E-state index in [-0.39, 0.29) is 11.0 Å². The summed E-state index contributed by atoms with van der Waals surface area (Å²) >= 11 is 0. The van der Waals surface area contributed by atoms with Crippen LogP contribution in [0.2, 0.25) is 0 Å². The van der Waals surface area contributed by atoms with E-state index >= 15 is 0 Å². The molecule has 1 fully saturated rings. The van der Waals surface area contributed by atoms with Crippen LogP contribution in [0.3, 0.4) is 0 Å². The first-order valence-corrected chi connectivity index (χ1v) is 9.76. The molecular weight excluding hydrogens is 326 g/mol. The van der Waals surface area contributed by atoms with Crippen molar-refractivity contribution in [3.05, 3.63) is 35.9 Å². The molecule has 0 radical (unpaired) electrons. The molecule has 0 aliphatic carbocycles. The lowest BCUT2D eigenvalue weighted by Crippen LogP contribution is -2.52. The summed E-state index contributed by atoms with van der Waals surface area (Å²) in [4.78, 5) is 4.41. The molecule has 5 nitrogen and oxygen atoms in total. The maximum absolute atomic E-state index is 5.81. The highest BCUT2D eigenvalue weighted by Gasteiger charge is 2.33. The number of nitrogens with one attached hydrogen (secondary N) is 2. The zero-order valence-electron chi connectivity index (χ0n) is 16.8. The van der Waals surface area contributed by atoms with Gasteiger partial charge in [-0.1, -0.05) is 44.2 Å². The predicted octanol–water partition coefficient (Wildman–Crippen LogP) is 3.11. The number of benzene rings is 1. The lowest BCUT2D eigenvalue weighted by atomic mass is 9.76. The van der Waals surface area contributed by atoms with Crippen LogP contribution in [0.25, 0.3) is 0 Å². The van der Waals surface area contributed by atoms with Crippen LogP contribution in [0.1, 0.15) is 45.1 Å². The largest absolute Gasteiger partial charge is 0.381 e. The van der Waals surface area contributed by atoms with E-state index in [1.807, 2.05) is 7.05 Å². The lowest BCUT2D eigenvalue weighted by molar-refractivity contribution is -0.0855. The van der Waals surface area contributed by atoms with Crippen molar-refractivity contribution in [1.82, 2.24) is 10.6 Å². The smallest absolute Gasteiger partial charge is 0.191 e. The average molecular weight is 362 g/mol. The first-order chi connectivity index (χ1) is 12.6. The molecule has 0 unspecified atom stereocenters. The topological polar surface area (TPSA) is 54.9 Å². The Bertz CT molecular complexity index is 550. The van der Waals surface area contributed by atoms with Gasteiger partial charge in [0.15, 0.2) is 5.96 Å². The summed E-state index contributed by atoms with van der Waals surface area (Å²) in [6.07, 6.45) is 3.98. The molecule has 0 aromatic heterocycles. The number of ether oxygens (including phenoxy) is 2. The number of nitrogens with zero attached hydrogens (tertiary/aromatic N) is 1. The van der Waals surface area contributed by atoms with E-state index in [9.17, 15) is 0 Å². The molecule has 1 aliphatic rings. The SMILES string of the molecule is CCC(CC)(CNC(=NC)NCC1(OC)CCOCC1)c1ccccc1. The minimum atomic E-state index is -0.165. The molecule has 5 heteroatoms. The summed E-state index contributed by atoms with van der Waals surface area (Å²) in [5, 5.41) is 7.01. The standard InChI is InChI=1S/C21H35N3O2/c1-5-20(6-2,18-10-8-7-9-11-18)16-23-19(22-3)24-17-21(25-4)12-14-26-15-13-21/h7-11H,5-6,12-17H2,1-4H3,(H2,22,23,24). The molecule has 0 amide bonds. The molecule has 146 valence electrons. The number of rotatable bonds is 8. The van der Waals surface area contributed by atoms with Crippen LogP contribution < -0.4 is 10.6 Å². The highest BCUT2D eigenvalue weighted by atomic mass is 16.5. The first kappa shape index (κ1) is 20.7. The van der Waals surface area contributed by atoms with Gasteiger partial charge in [-0.25, -0.2) is 0 Å². The minimum Gasteiger partial charge on any atom is -0.381 e. The van der Waals surface area contributed by atoms with Crippen LogP contribution in [0.15, 0.2) is 35.3 Å². The van der Waals surface area contributed by atoms with Crippen LogP contribution in [0, 0.1) is 0 Å². The summed E-state index contributed by atoms with van der Waals surface area (Å²) < 4.78 is 11.3. The molecule has 1 heterocycles. The number of hydrogen-bond donors (Lipinski definition) is 2. The highest BCUT2D eigenvalue weighted by Crippen LogP contribution is 2.30. The van der Waals surface area contributed by atoms with Gasteiger partial charge in [-0.3, -0.25) is 4.99 Å². The molecule has 0 atom stereocenters. The van der Waals surface area contributed by atoms with E-state index < -0.39 is 0 Å². The van der Waals surface area contributed by atoms with E-state index in [0.29, 0.717) is 0 Å². The fourth-order valence-electron chi connectivity index (χ4n) is 3.72. The van der Waals surface area contributed by atoms with Gasteiger partial charge in [0.05, 0.1) is 5.60 Å². The van der Waals surface area contributed by atoms with Crippen molar-refractivity contribution in [3.63, 3.8) is 0 Å². The van der Waals surface area contributed by atoms with Crippen molar-refractivity contribution in [2.75, 3.05) is 40.5 Å². The number of guanidine groups is 1. The number of aliphatic imine (C=N–C) groups is 1. The minimum absolute atomic E-state index is 0.108. The monoisotopic (exact) mass is 361 g/mol. The molecule has 0 spiro atoms. The van der Waals surface area contributed by atoms with Gasteiger partial charge >= 0.3 is 0 Å². The van der Waals surface area contributed by atoms with E-state index in [0.717, 1.165) is 57.9 Å². The van der Waals surface area contributed by atoms with Crippen LogP contribution in [0.4, 0.5) is 0 Å². The van der Waals surface area contributed by atoms with Gasteiger partial charge in [-0.15, -0.1) is 0 Å². The lowest BCUT2D eigenvalue weighted by Gasteiger charge is -2.37. The zero-order valence-corrected chi connectivity index (χ0v) is 16.8. The molecule has 1 saturated heterocycles. The summed E-state index contributed by atoms with van der Waals surface area (Å²) in [6.45, 7) is 7.62. The maximum atomic E-state index is 5.81. The average Bonchev–Trinajstić information content (AvgIpc) is 2.72. The summed E-state index contributed by atoms with van der Waals surface area (Å²) in [5.41, 5.74) is 1.32. The third kappa shape index (κ3) is 4.98. The van der Waals surface area contributed by atoms with Gasteiger partial charge in [0.2, 0.25) is 0 Å². The maximum Gasteiger partial charge on any atom is 0.191 e. The molecular formula is C21H35N3O2. The first-order valence-electron chi connectivity index (χ1n) is 9.76. The van der Waals surface area contributed by atoms with Crippen LogP contribution in [0.5, 0.6) is 0 Å². The van der Waals surface area contributed by atoms with E-state index in [1.54, 1.807) is 7.11 Å². The Balaban J connectivity index is 1.98. The number of methoxy groups -OCH3 is 1. The quantitative estimate of drug-likeness (QED) is 0.552. The van der Waals surface area contributed by atoms with Gasteiger partial charge in [-0.2, -0.15) is 0 Å². The van der Waals surface area contributed by atoms with Crippen molar-refractivity contribution in [3.8, 4) is 0 Å². The summed E-state index contributed by atoms with van der Waals surface area (Å²) in [5.74, 6) is 0.829. The Labute approximate surface area is 158 Å². The number of hydrogen-bond acceptors (Lipinski definition) is 3.